The Balaban J connectivity index is 2.08. The van der Waals surface area contributed by atoms with Gasteiger partial charge in [0, 0.05) is 0 Å². The molecule has 3 aromatic carbocycles. The first-order chi connectivity index (χ1) is 20.7. The van der Waals surface area contributed by atoms with E-state index >= 15 is 0 Å². The Labute approximate surface area is 263 Å². The summed E-state index contributed by atoms with van der Waals surface area (Å²) < 4.78 is 40.2. The standard InChI is InChI=1S/C34H47N2O6PS/c1-27(2)36(28(3)4)43(37,38,23-10-22-35)24-26-44(39,40)25-21-34(29-11-8-7-9-12-29,30-13-17-32(41-5)18-14-30)31-15-19-33(42-6)20-16-31/h7-9,11-20,27-28,37-38H,10,21,23-26H2,1-6H3. The minimum atomic E-state index is -4.72. The van der Waals surface area contributed by atoms with Gasteiger partial charge in [0.2, 0.25) is 0 Å². The van der Waals surface area contributed by atoms with Crippen LogP contribution in [0.4, 0.5) is 0 Å². The minimum absolute atomic E-state index is 0.0765. The van der Waals surface area contributed by atoms with Crippen LogP contribution in [0.3, 0.4) is 0 Å². The summed E-state index contributed by atoms with van der Waals surface area (Å²) in [4.78, 5) is 23.8. The van der Waals surface area contributed by atoms with Crippen LogP contribution in [0, 0.1) is 11.3 Å². The van der Waals surface area contributed by atoms with Gasteiger partial charge >= 0.3 is 264 Å². The van der Waals surface area contributed by atoms with Gasteiger partial charge in [-0.25, -0.2) is 0 Å². The predicted molar refractivity (Wildman–Crippen MR) is 179 cm³/mol. The van der Waals surface area contributed by atoms with Gasteiger partial charge in [0.25, 0.3) is 0 Å². The summed E-state index contributed by atoms with van der Waals surface area (Å²) in [5, 5.41) is 9.29. The Morgan fingerprint density at radius 3 is 1.64 bits per heavy atom. The summed E-state index contributed by atoms with van der Waals surface area (Å²) >= 11 is 0. The monoisotopic (exact) mass is 642 g/mol. The quantitative estimate of drug-likeness (QED) is 0.141. The van der Waals surface area contributed by atoms with Gasteiger partial charge in [-0.1, -0.05) is 0 Å². The number of nitrogens with zero attached hydrogens (tertiary/aromatic N) is 2. The Hall–Kier alpha value is -2.99. The zero-order valence-electron chi connectivity index (χ0n) is 26.7. The molecule has 44 heavy (non-hydrogen) atoms. The molecule has 0 fully saturated rings. The molecule has 0 atom stereocenters. The molecule has 0 bridgehead atoms. The number of ether oxygens (including phenoxy) is 2. The molecule has 10 heteroatoms. The van der Waals surface area contributed by atoms with Gasteiger partial charge in [0.1, 0.15) is 0 Å². The fourth-order valence-corrected chi connectivity index (χ4v) is 13.2. The molecule has 0 aromatic heterocycles. The van der Waals surface area contributed by atoms with Crippen molar-refractivity contribution in [3.8, 4) is 17.6 Å². The molecule has 0 aliphatic carbocycles. The molecule has 2 N–H and O–H groups in total. The number of methoxy groups -OCH3 is 2. The molecule has 240 valence electrons. The van der Waals surface area contributed by atoms with Gasteiger partial charge in [-0.2, -0.15) is 0 Å². The van der Waals surface area contributed by atoms with Crippen LogP contribution in [0.25, 0.3) is 0 Å². The molecule has 0 aliphatic heterocycles. The van der Waals surface area contributed by atoms with Crippen LogP contribution in [-0.4, -0.2) is 73.0 Å². The van der Waals surface area contributed by atoms with Crippen molar-refractivity contribution >= 4 is 17.0 Å². The van der Waals surface area contributed by atoms with Crippen molar-refractivity contribution in [1.29, 1.82) is 5.26 Å². The maximum atomic E-state index is 13.9. The molecular formula is C34H47N2O6PS. The van der Waals surface area contributed by atoms with Crippen molar-refractivity contribution in [2.75, 3.05) is 38.0 Å². The van der Waals surface area contributed by atoms with Crippen LogP contribution >= 0.6 is 7.21 Å². The van der Waals surface area contributed by atoms with E-state index in [0.29, 0.717) is 11.5 Å². The average molecular weight is 643 g/mol. The molecule has 3 rings (SSSR count). The molecule has 8 nitrogen and oxygen atoms in total. The van der Waals surface area contributed by atoms with E-state index in [1.165, 1.54) is 0 Å². The van der Waals surface area contributed by atoms with E-state index in [2.05, 4.69) is 0 Å². The number of benzene rings is 3. The SMILES string of the molecule is COc1ccc(C(CCS(=O)(=O)CCP(O)(O)(CCC#N)N(C(C)C)C(C)C)(c2ccccc2)c2ccc(OC)cc2)cc1. The summed E-state index contributed by atoms with van der Waals surface area (Å²) in [5.74, 6) is 0.767. The second-order valence-corrected chi connectivity index (χ2v) is 18.2. The Morgan fingerprint density at radius 1 is 0.773 bits per heavy atom. The van der Waals surface area contributed by atoms with Crippen LogP contribution in [0.2, 0.25) is 0 Å². The van der Waals surface area contributed by atoms with Crippen LogP contribution in [-0.2, 0) is 15.3 Å². The number of hydrogen-bond donors (Lipinski definition) is 2. The first kappa shape index (κ1) is 35.5. The number of sulfone groups is 1. The van der Waals surface area contributed by atoms with E-state index in [0.717, 1.165) is 16.7 Å². The van der Waals surface area contributed by atoms with Crippen LogP contribution < -0.4 is 9.47 Å². The van der Waals surface area contributed by atoms with E-state index in [9.17, 15) is 23.5 Å². The van der Waals surface area contributed by atoms with Gasteiger partial charge in [-0.05, 0) is 0 Å². The summed E-state index contributed by atoms with van der Waals surface area (Å²) in [7, 11) is -5.31. The Morgan fingerprint density at radius 2 is 1.23 bits per heavy atom. The zero-order valence-corrected chi connectivity index (χ0v) is 28.4. The van der Waals surface area contributed by atoms with Crippen molar-refractivity contribution < 1.29 is 27.7 Å². The summed E-state index contributed by atoms with van der Waals surface area (Å²) in [5.41, 5.74) is 1.87. The fraction of sp³-hybridized carbons (Fsp3) is 0.441. The predicted octanol–water partition coefficient (Wildman–Crippen LogP) is 6.16. The van der Waals surface area contributed by atoms with Gasteiger partial charge in [0.15, 0.2) is 0 Å². The first-order valence-electron chi connectivity index (χ1n) is 14.9. The van der Waals surface area contributed by atoms with E-state index in [4.69, 9.17) is 9.47 Å². The van der Waals surface area contributed by atoms with Gasteiger partial charge < -0.3 is 0 Å². The zero-order chi connectivity index (χ0) is 32.6. The van der Waals surface area contributed by atoms with E-state index in [-0.39, 0.29) is 43.0 Å². The van der Waals surface area contributed by atoms with Gasteiger partial charge in [0.05, 0.1) is 0 Å². The number of hydrogen-bond acceptors (Lipinski definition) is 8. The first-order valence-corrected chi connectivity index (χ1v) is 19.2. The topological polar surface area (TPSA) is 120 Å². The molecule has 0 saturated carbocycles. The van der Waals surface area contributed by atoms with Crippen molar-refractivity contribution in [2.24, 2.45) is 0 Å². The van der Waals surface area contributed by atoms with E-state index < -0.39 is 28.2 Å². The van der Waals surface area contributed by atoms with Crippen molar-refractivity contribution in [3.63, 3.8) is 0 Å². The number of nitriles is 1. The second kappa shape index (κ2) is 14.4. The molecule has 3 aromatic rings. The molecule has 0 amide bonds. The van der Waals surface area contributed by atoms with Gasteiger partial charge in [-0.15, -0.1) is 0 Å². The molecular weight excluding hydrogens is 595 g/mol. The van der Waals surface area contributed by atoms with E-state index in [1.807, 2.05) is 113 Å². The Bertz CT molecular complexity index is 1450. The van der Waals surface area contributed by atoms with Gasteiger partial charge in [-0.3, -0.25) is 0 Å². The van der Waals surface area contributed by atoms with Crippen molar-refractivity contribution in [2.45, 2.75) is 58.0 Å². The molecule has 0 heterocycles. The summed E-state index contributed by atoms with van der Waals surface area (Å²) in [6.07, 6.45) is -0.358. The average Bonchev–Trinajstić information content (AvgIpc) is 3.00. The molecule has 0 radical (unpaired) electrons. The number of rotatable bonds is 16. The molecule has 0 aliphatic rings. The van der Waals surface area contributed by atoms with Crippen LogP contribution in [0.15, 0.2) is 78.9 Å². The third kappa shape index (κ3) is 7.99. The third-order valence-electron chi connectivity index (χ3n) is 8.35. The third-order valence-corrected chi connectivity index (χ3v) is 14.6. The molecule has 0 saturated heterocycles. The Kier molecular flexibility index (Phi) is 11.6. The van der Waals surface area contributed by atoms with Crippen molar-refractivity contribution in [1.82, 2.24) is 4.67 Å². The summed E-state index contributed by atoms with van der Waals surface area (Å²) in [6.45, 7) is 7.42. The molecule has 0 unspecified atom stereocenters. The maximum absolute atomic E-state index is 13.9. The normalized spacial score (nSPS) is 13.5. The van der Waals surface area contributed by atoms with Crippen LogP contribution in [0.1, 0.15) is 57.2 Å². The van der Waals surface area contributed by atoms with Crippen LogP contribution in [0.5, 0.6) is 11.5 Å². The summed E-state index contributed by atoms with van der Waals surface area (Å²) in [6, 6.07) is 26.6. The fourth-order valence-electron chi connectivity index (χ4n) is 6.43. The molecule has 0 spiro atoms. The van der Waals surface area contributed by atoms with E-state index in [1.54, 1.807) is 18.9 Å². The second-order valence-electron chi connectivity index (χ2n) is 11.9. The van der Waals surface area contributed by atoms with Crippen molar-refractivity contribution in [3.05, 3.63) is 95.6 Å².